The number of nitrogens with zero attached hydrogens (tertiary/aromatic N) is 1. The predicted molar refractivity (Wildman–Crippen MR) is 70.8 cm³/mol. The van der Waals surface area contributed by atoms with Crippen LogP contribution < -0.4 is 4.72 Å². The van der Waals surface area contributed by atoms with Gasteiger partial charge in [0.25, 0.3) is 10.0 Å². The number of ether oxygens (including phenoxy) is 1. The first-order valence-corrected chi connectivity index (χ1v) is 7.45. The highest BCUT2D eigenvalue weighted by atomic mass is 32.2. The molecule has 3 N–H and O–H groups in total. The highest BCUT2D eigenvalue weighted by Crippen LogP contribution is 2.11. The van der Waals surface area contributed by atoms with Gasteiger partial charge in [0.15, 0.2) is 5.03 Å². The van der Waals surface area contributed by atoms with Crippen LogP contribution in [-0.2, 0) is 24.3 Å². The maximum atomic E-state index is 11.9. The van der Waals surface area contributed by atoms with Gasteiger partial charge in [-0.1, -0.05) is 0 Å². The molecule has 0 spiro atoms. The lowest BCUT2D eigenvalue weighted by Crippen LogP contribution is -2.43. The van der Waals surface area contributed by atoms with Gasteiger partial charge < -0.3 is 14.8 Å². The lowest BCUT2D eigenvalue weighted by atomic mass is 10.2. The number of sulfonamides is 1. The average molecular weight is 319 g/mol. The van der Waals surface area contributed by atoms with E-state index in [1.54, 1.807) is 20.8 Å². The second-order valence-corrected chi connectivity index (χ2v) is 6.90. The second-order valence-electron chi connectivity index (χ2n) is 5.22. The van der Waals surface area contributed by atoms with Crippen LogP contribution in [-0.4, -0.2) is 47.1 Å². The molecule has 0 aliphatic carbocycles. The molecule has 0 saturated heterocycles. The van der Waals surface area contributed by atoms with Crippen LogP contribution in [0.5, 0.6) is 0 Å². The van der Waals surface area contributed by atoms with Crippen molar-refractivity contribution in [3.05, 3.63) is 12.5 Å². The monoisotopic (exact) mass is 319 g/mol. The lowest BCUT2D eigenvalue weighted by Gasteiger charge is -2.21. The Morgan fingerprint density at radius 3 is 2.52 bits per heavy atom. The molecule has 0 aromatic carbocycles. The summed E-state index contributed by atoms with van der Waals surface area (Å²) in [7, 11) is -4.11. The summed E-state index contributed by atoms with van der Waals surface area (Å²) in [5, 5.41) is 8.73. The quantitative estimate of drug-likeness (QED) is 0.621. The highest BCUT2D eigenvalue weighted by Gasteiger charge is 2.30. The number of imidazole rings is 1. The number of rotatable bonds is 6. The Balaban J connectivity index is 2.80. The first-order valence-electron chi connectivity index (χ1n) is 5.96. The molecule has 0 aliphatic heterocycles. The van der Waals surface area contributed by atoms with Gasteiger partial charge in [-0.05, 0) is 20.8 Å². The zero-order valence-electron chi connectivity index (χ0n) is 11.8. The third kappa shape index (κ3) is 5.52. The summed E-state index contributed by atoms with van der Waals surface area (Å²) in [4.78, 5) is 28.6. The van der Waals surface area contributed by atoms with E-state index in [1.807, 2.05) is 4.72 Å². The number of hydrogen-bond acceptors (Lipinski definition) is 6. The number of carbonyl (C=O) groups excluding carboxylic acids is 1. The summed E-state index contributed by atoms with van der Waals surface area (Å²) in [6, 6.07) is -1.63. The van der Waals surface area contributed by atoms with E-state index in [4.69, 9.17) is 9.84 Å². The second kappa shape index (κ2) is 6.22. The number of carbonyl (C=O) groups is 2. The molecular formula is C11H17N3O6S. The van der Waals surface area contributed by atoms with E-state index < -0.39 is 40.0 Å². The number of aliphatic carboxylic acids is 1. The smallest absolute Gasteiger partial charge is 0.322 e. The number of carboxylic acid groups (broad SMARTS) is 1. The Morgan fingerprint density at radius 2 is 2.10 bits per heavy atom. The molecule has 21 heavy (non-hydrogen) atoms. The van der Waals surface area contributed by atoms with Crippen molar-refractivity contribution < 1.29 is 27.9 Å². The third-order valence-electron chi connectivity index (χ3n) is 2.15. The molecule has 10 heteroatoms. The molecule has 0 radical (unpaired) electrons. The molecule has 0 aliphatic rings. The Morgan fingerprint density at radius 1 is 1.48 bits per heavy atom. The van der Waals surface area contributed by atoms with E-state index in [0.717, 1.165) is 12.5 Å². The van der Waals surface area contributed by atoms with Crippen LogP contribution in [0.25, 0.3) is 0 Å². The molecule has 0 bridgehead atoms. The van der Waals surface area contributed by atoms with Gasteiger partial charge in [-0.3, -0.25) is 9.59 Å². The van der Waals surface area contributed by atoms with E-state index in [0.29, 0.717) is 0 Å². The van der Waals surface area contributed by atoms with E-state index in [2.05, 4.69) is 9.97 Å². The Bertz CT molecular complexity index is 602. The predicted octanol–water partition coefficient (Wildman–Crippen LogP) is -0.127. The first-order chi connectivity index (χ1) is 9.51. The molecule has 1 atom stereocenters. The molecule has 1 heterocycles. The van der Waals surface area contributed by atoms with Crippen molar-refractivity contribution in [1.82, 2.24) is 14.7 Å². The van der Waals surface area contributed by atoms with Crippen molar-refractivity contribution >= 4 is 22.0 Å². The average Bonchev–Trinajstić information content (AvgIpc) is 2.78. The van der Waals surface area contributed by atoms with Gasteiger partial charge >= 0.3 is 11.9 Å². The molecule has 0 amide bonds. The Kier molecular flexibility index (Phi) is 5.07. The van der Waals surface area contributed by atoms with Crippen molar-refractivity contribution in [1.29, 1.82) is 0 Å². The summed E-state index contributed by atoms with van der Waals surface area (Å²) in [6.45, 7) is 4.86. The summed E-state index contributed by atoms with van der Waals surface area (Å²) < 4.78 is 30.6. The van der Waals surface area contributed by atoms with Crippen LogP contribution in [0.2, 0.25) is 0 Å². The number of hydrogen-bond donors (Lipinski definition) is 3. The summed E-state index contributed by atoms with van der Waals surface area (Å²) in [5.41, 5.74) is -0.789. The maximum absolute atomic E-state index is 11.9. The highest BCUT2D eigenvalue weighted by molar-refractivity contribution is 7.89. The fraction of sp³-hybridized carbons (Fsp3) is 0.545. The molecule has 0 fully saturated rings. The van der Waals surface area contributed by atoms with Crippen molar-refractivity contribution in [3.63, 3.8) is 0 Å². The van der Waals surface area contributed by atoms with E-state index in [9.17, 15) is 18.0 Å². The standard InChI is InChI=1S/C11H17N3O6S/c1-11(2,3)20-9(15)4-7(10(16)17)14-21(18,19)8-5-12-6-13-8/h5-7,14H,4H2,1-3H3,(H,12,13)(H,16,17)/t7-/m0/s1. The maximum Gasteiger partial charge on any atom is 0.322 e. The normalized spacial score (nSPS) is 13.7. The molecule has 0 saturated carbocycles. The summed E-state index contributed by atoms with van der Waals surface area (Å²) in [5.74, 6) is -2.30. The van der Waals surface area contributed by atoms with Gasteiger partial charge in [-0.15, -0.1) is 0 Å². The number of esters is 1. The summed E-state index contributed by atoms with van der Waals surface area (Å²) in [6.07, 6.45) is 1.53. The van der Waals surface area contributed by atoms with Gasteiger partial charge in [-0.2, -0.15) is 4.72 Å². The van der Waals surface area contributed by atoms with Crippen LogP contribution in [0, 0.1) is 0 Å². The molecule has 1 rings (SSSR count). The Hall–Kier alpha value is -1.94. The van der Waals surface area contributed by atoms with Gasteiger partial charge in [-0.25, -0.2) is 13.4 Å². The molecule has 9 nitrogen and oxygen atoms in total. The number of aromatic nitrogens is 2. The van der Waals surface area contributed by atoms with Crippen molar-refractivity contribution in [2.75, 3.05) is 0 Å². The van der Waals surface area contributed by atoms with Crippen LogP contribution in [0.15, 0.2) is 17.6 Å². The number of carboxylic acids is 1. The molecular weight excluding hydrogens is 302 g/mol. The SMILES string of the molecule is CC(C)(C)OC(=O)C[C@H](NS(=O)(=O)c1cnc[nH]1)C(=O)O. The first kappa shape index (κ1) is 17.1. The zero-order valence-corrected chi connectivity index (χ0v) is 12.6. The van der Waals surface area contributed by atoms with E-state index in [1.165, 1.54) is 0 Å². The van der Waals surface area contributed by atoms with Crippen LogP contribution in [0.1, 0.15) is 27.2 Å². The Labute approximate surface area is 121 Å². The number of aromatic amines is 1. The largest absolute Gasteiger partial charge is 0.480 e. The fourth-order valence-electron chi connectivity index (χ4n) is 1.37. The van der Waals surface area contributed by atoms with Crippen LogP contribution >= 0.6 is 0 Å². The van der Waals surface area contributed by atoms with Gasteiger partial charge in [0.1, 0.15) is 11.6 Å². The lowest BCUT2D eigenvalue weighted by molar-refractivity contribution is -0.158. The molecule has 118 valence electrons. The van der Waals surface area contributed by atoms with Gasteiger partial charge in [0, 0.05) is 0 Å². The topological polar surface area (TPSA) is 138 Å². The molecule has 0 unspecified atom stereocenters. The van der Waals surface area contributed by atoms with Gasteiger partial charge in [0.2, 0.25) is 0 Å². The number of H-pyrrole nitrogens is 1. The zero-order chi connectivity index (χ0) is 16.3. The van der Waals surface area contributed by atoms with Gasteiger partial charge in [0.05, 0.1) is 18.9 Å². The summed E-state index contributed by atoms with van der Waals surface area (Å²) >= 11 is 0. The minimum atomic E-state index is -4.11. The minimum absolute atomic E-state index is 0.294. The fourth-order valence-corrected chi connectivity index (χ4v) is 2.46. The molecule has 1 aromatic rings. The van der Waals surface area contributed by atoms with Crippen molar-refractivity contribution in [2.45, 2.75) is 43.9 Å². The van der Waals surface area contributed by atoms with E-state index >= 15 is 0 Å². The van der Waals surface area contributed by atoms with Crippen LogP contribution in [0.3, 0.4) is 0 Å². The van der Waals surface area contributed by atoms with Crippen molar-refractivity contribution in [3.8, 4) is 0 Å². The molecule has 1 aromatic heterocycles. The third-order valence-corrected chi connectivity index (χ3v) is 3.55. The van der Waals surface area contributed by atoms with E-state index in [-0.39, 0.29) is 5.03 Å². The number of nitrogens with one attached hydrogen (secondary N) is 2. The van der Waals surface area contributed by atoms with Crippen molar-refractivity contribution in [2.24, 2.45) is 0 Å². The minimum Gasteiger partial charge on any atom is -0.480 e. The van der Waals surface area contributed by atoms with Crippen LogP contribution in [0.4, 0.5) is 0 Å².